The van der Waals surface area contributed by atoms with Gasteiger partial charge in [0.2, 0.25) is 0 Å². The summed E-state index contributed by atoms with van der Waals surface area (Å²) in [5.74, 6) is 0.302. The van der Waals surface area contributed by atoms with Gasteiger partial charge in [0, 0.05) is 25.2 Å². The van der Waals surface area contributed by atoms with Crippen LogP contribution in [0.5, 0.6) is 5.75 Å². The van der Waals surface area contributed by atoms with E-state index in [9.17, 15) is 14.9 Å². The van der Waals surface area contributed by atoms with Crippen LogP contribution in [0.3, 0.4) is 0 Å². The van der Waals surface area contributed by atoms with Crippen LogP contribution in [-0.4, -0.2) is 59.5 Å². The van der Waals surface area contributed by atoms with Crippen LogP contribution in [0.2, 0.25) is 0 Å². The summed E-state index contributed by atoms with van der Waals surface area (Å²) in [5.41, 5.74) is -0.0352. The lowest BCUT2D eigenvalue weighted by molar-refractivity contribution is -0.384. The minimum absolute atomic E-state index is 0.0352. The SMILES string of the molecule is O=C(COc1cccc([N+](=O)[O-])c1)N1CCCC(N2CCCC2)C1. The average molecular weight is 333 g/mol. The number of nitro groups is 1. The number of likely N-dealkylation sites (tertiary alicyclic amines) is 2. The summed E-state index contributed by atoms with van der Waals surface area (Å²) in [6.07, 6.45) is 4.67. The van der Waals surface area contributed by atoms with Crippen molar-refractivity contribution in [2.45, 2.75) is 31.7 Å². The maximum Gasteiger partial charge on any atom is 0.273 e. The van der Waals surface area contributed by atoms with Crippen molar-refractivity contribution in [3.05, 3.63) is 34.4 Å². The Kier molecular flexibility index (Phi) is 5.30. The van der Waals surface area contributed by atoms with Crippen molar-refractivity contribution < 1.29 is 14.5 Å². The van der Waals surface area contributed by atoms with Gasteiger partial charge in [-0.25, -0.2) is 0 Å². The molecule has 1 unspecified atom stereocenters. The van der Waals surface area contributed by atoms with Crippen molar-refractivity contribution >= 4 is 11.6 Å². The van der Waals surface area contributed by atoms with Crippen molar-refractivity contribution in [2.24, 2.45) is 0 Å². The van der Waals surface area contributed by atoms with E-state index in [1.807, 2.05) is 4.90 Å². The minimum Gasteiger partial charge on any atom is -0.484 e. The Hall–Kier alpha value is -2.15. The molecule has 2 aliphatic heterocycles. The Morgan fingerprint density at radius 1 is 1.25 bits per heavy atom. The van der Waals surface area contributed by atoms with Gasteiger partial charge in [-0.3, -0.25) is 19.8 Å². The number of carbonyl (C=O) groups is 1. The molecule has 2 heterocycles. The molecule has 130 valence electrons. The van der Waals surface area contributed by atoms with Crippen LogP contribution in [0.25, 0.3) is 0 Å². The summed E-state index contributed by atoms with van der Waals surface area (Å²) in [7, 11) is 0. The van der Waals surface area contributed by atoms with Gasteiger partial charge in [-0.2, -0.15) is 0 Å². The summed E-state index contributed by atoms with van der Waals surface area (Å²) in [5, 5.41) is 10.8. The topological polar surface area (TPSA) is 75.9 Å². The van der Waals surface area contributed by atoms with Gasteiger partial charge < -0.3 is 9.64 Å². The van der Waals surface area contributed by atoms with Gasteiger partial charge in [0.25, 0.3) is 11.6 Å². The van der Waals surface area contributed by atoms with Crippen LogP contribution in [0, 0.1) is 10.1 Å². The number of rotatable bonds is 5. The first-order chi connectivity index (χ1) is 11.6. The van der Waals surface area contributed by atoms with Crippen molar-refractivity contribution in [1.82, 2.24) is 9.80 Å². The molecule has 0 aromatic heterocycles. The fraction of sp³-hybridized carbons (Fsp3) is 0.588. The maximum absolute atomic E-state index is 12.4. The van der Waals surface area contributed by atoms with Crippen LogP contribution < -0.4 is 4.74 Å². The molecule has 0 bridgehead atoms. The number of hydrogen-bond acceptors (Lipinski definition) is 5. The molecule has 1 atom stereocenters. The van der Waals surface area contributed by atoms with Crippen LogP contribution in [0.15, 0.2) is 24.3 Å². The number of amides is 1. The van der Waals surface area contributed by atoms with Crippen molar-refractivity contribution in [3.63, 3.8) is 0 Å². The number of hydrogen-bond donors (Lipinski definition) is 0. The molecule has 0 saturated carbocycles. The predicted molar refractivity (Wildman–Crippen MR) is 89.0 cm³/mol. The molecule has 1 amide bonds. The van der Waals surface area contributed by atoms with Gasteiger partial charge >= 0.3 is 0 Å². The monoisotopic (exact) mass is 333 g/mol. The molecule has 2 fully saturated rings. The first-order valence-electron chi connectivity index (χ1n) is 8.52. The van der Waals surface area contributed by atoms with E-state index in [-0.39, 0.29) is 18.2 Å². The highest BCUT2D eigenvalue weighted by Gasteiger charge is 2.29. The van der Waals surface area contributed by atoms with Crippen LogP contribution in [0.4, 0.5) is 5.69 Å². The summed E-state index contributed by atoms with van der Waals surface area (Å²) in [6.45, 7) is 3.72. The summed E-state index contributed by atoms with van der Waals surface area (Å²) in [4.78, 5) is 27.0. The Bertz CT molecular complexity index is 601. The molecule has 1 aromatic carbocycles. The first-order valence-corrected chi connectivity index (χ1v) is 8.52. The van der Waals surface area contributed by atoms with Gasteiger partial charge in [0.05, 0.1) is 11.0 Å². The number of ether oxygens (including phenoxy) is 1. The highest BCUT2D eigenvalue weighted by Crippen LogP contribution is 2.22. The normalized spacial score (nSPS) is 21.7. The van der Waals surface area contributed by atoms with Gasteiger partial charge in [0.1, 0.15) is 5.75 Å². The third-order valence-corrected chi connectivity index (χ3v) is 4.80. The van der Waals surface area contributed by atoms with Crippen LogP contribution >= 0.6 is 0 Å². The van der Waals surface area contributed by atoms with Gasteiger partial charge in [-0.05, 0) is 44.8 Å². The molecule has 7 nitrogen and oxygen atoms in total. The average Bonchev–Trinajstić information content (AvgIpc) is 3.15. The molecule has 0 radical (unpaired) electrons. The van der Waals surface area contributed by atoms with Gasteiger partial charge in [0.15, 0.2) is 6.61 Å². The van der Waals surface area contributed by atoms with E-state index in [1.54, 1.807) is 12.1 Å². The molecule has 0 N–H and O–H groups in total. The largest absolute Gasteiger partial charge is 0.484 e. The van der Waals surface area contributed by atoms with E-state index in [1.165, 1.54) is 25.0 Å². The highest BCUT2D eigenvalue weighted by atomic mass is 16.6. The van der Waals surface area contributed by atoms with E-state index in [4.69, 9.17) is 4.74 Å². The quantitative estimate of drug-likeness (QED) is 0.609. The van der Waals surface area contributed by atoms with E-state index in [0.717, 1.165) is 39.0 Å². The zero-order valence-corrected chi connectivity index (χ0v) is 13.7. The zero-order chi connectivity index (χ0) is 16.9. The second kappa shape index (κ2) is 7.61. The summed E-state index contributed by atoms with van der Waals surface area (Å²) in [6, 6.07) is 6.39. The van der Waals surface area contributed by atoms with E-state index in [2.05, 4.69) is 4.90 Å². The lowest BCUT2D eigenvalue weighted by Gasteiger charge is -2.37. The molecule has 24 heavy (non-hydrogen) atoms. The van der Waals surface area contributed by atoms with Crippen LogP contribution in [0.1, 0.15) is 25.7 Å². The molecule has 2 aliphatic rings. The van der Waals surface area contributed by atoms with Crippen LogP contribution in [-0.2, 0) is 4.79 Å². The fourth-order valence-corrected chi connectivity index (χ4v) is 3.51. The van der Waals surface area contributed by atoms with E-state index >= 15 is 0 Å². The number of nitrogens with zero attached hydrogens (tertiary/aromatic N) is 3. The molecule has 1 aromatic rings. The molecule has 7 heteroatoms. The molecule has 3 rings (SSSR count). The van der Waals surface area contributed by atoms with Crippen molar-refractivity contribution in [2.75, 3.05) is 32.8 Å². The number of carbonyl (C=O) groups excluding carboxylic acids is 1. The molecular formula is C17H23N3O4. The molecule has 0 aliphatic carbocycles. The van der Waals surface area contributed by atoms with Gasteiger partial charge in [-0.1, -0.05) is 6.07 Å². The Balaban J connectivity index is 1.52. The number of benzene rings is 1. The van der Waals surface area contributed by atoms with Crippen molar-refractivity contribution in [1.29, 1.82) is 0 Å². The second-order valence-electron chi connectivity index (χ2n) is 6.42. The predicted octanol–water partition coefficient (Wildman–Crippen LogP) is 2.06. The lowest BCUT2D eigenvalue weighted by Crippen LogP contribution is -2.50. The third-order valence-electron chi connectivity index (χ3n) is 4.80. The number of non-ortho nitro benzene ring substituents is 1. The Morgan fingerprint density at radius 2 is 2.04 bits per heavy atom. The number of piperidine rings is 1. The fourth-order valence-electron chi connectivity index (χ4n) is 3.51. The Labute approximate surface area is 141 Å². The van der Waals surface area contributed by atoms with E-state index in [0.29, 0.717) is 11.8 Å². The molecular weight excluding hydrogens is 310 g/mol. The lowest BCUT2D eigenvalue weighted by atomic mass is 10.0. The maximum atomic E-state index is 12.4. The standard InChI is InChI=1S/C17H23N3O4/c21-17(13-24-16-7-3-5-14(11-16)20(22)23)19-10-4-6-15(12-19)18-8-1-2-9-18/h3,5,7,11,15H,1-2,4,6,8-10,12-13H2. The second-order valence-corrected chi connectivity index (χ2v) is 6.42. The molecule has 2 saturated heterocycles. The smallest absolute Gasteiger partial charge is 0.273 e. The number of nitro benzene ring substituents is 1. The summed E-state index contributed by atoms with van der Waals surface area (Å²) < 4.78 is 5.46. The molecule has 0 spiro atoms. The van der Waals surface area contributed by atoms with Gasteiger partial charge in [-0.15, -0.1) is 0 Å². The Morgan fingerprint density at radius 3 is 2.79 bits per heavy atom. The first kappa shape index (κ1) is 16.7. The van der Waals surface area contributed by atoms with E-state index < -0.39 is 4.92 Å². The summed E-state index contributed by atoms with van der Waals surface area (Å²) >= 11 is 0. The zero-order valence-electron chi connectivity index (χ0n) is 13.7. The highest BCUT2D eigenvalue weighted by molar-refractivity contribution is 5.78. The minimum atomic E-state index is -0.472. The van der Waals surface area contributed by atoms with Crippen molar-refractivity contribution in [3.8, 4) is 5.75 Å². The third kappa shape index (κ3) is 4.03.